The van der Waals surface area contributed by atoms with Gasteiger partial charge in [-0.05, 0) is 0 Å². The van der Waals surface area contributed by atoms with Crippen LogP contribution in [0.4, 0.5) is 0 Å². The van der Waals surface area contributed by atoms with E-state index in [1.54, 1.807) is 0 Å². The molecule has 48 valence electrons. The minimum absolute atomic E-state index is 0. The number of rotatable bonds is 0. The van der Waals surface area contributed by atoms with Crippen LogP contribution in [0.25, 0.3) is 0 Å². The minimum Gasteiger partial charge on any atom is 0 e. The number of hydrogen-bond donors (Lipinski definition) is 0. The molecule has 0 atom stereocenters. The molecule has 0 saturated carbocycles. The molecule has 0 fully saturated rings. The van der Waals surface area contributed by atoms with Gasteiger partial charge in [-0.3, -0.25) is 0 Å². The maximum absolute atomic E-state index is 0. The third-order valence-electron chi connectivity index (χ3n) is 0. The summed E-state index contributed by atoms with van der Waals surface area (Å²) in [5.41, 5.74) is 0. The monoisotopic (exact) mass is 210 g/mol. The molecular formula is H11AlLi2Mn2O3. The van der Waals surface area contributed by atoms with Gasteiger partial charge in [0.05, 0.1) is 0 Å². The van der Waals surface area contributed by atoms with Gasteiger partial charge in [-0.2, -0.15) is 0 Å². The van der Waals surface area contributed by atoms with Gasteiger partial charge >= 0.3 is 37.7 Å². The summed E-state index contributed by atoms with van der Waals surface area (Å²) >= 11 is 0. The Bertz CT molecular complexity index is 15.2. The maximum Gasteiger partial charge on any atom is 0 e. The summed E-state index contributed by atoms with van der Waals surface area (Å²) in [7, 11) is 0. The molecule has 0 aromatic rings. The molecule has 0 spiro atoms. The fraction of sp³-hybridized carbons (Fsp3) is 0. The largest absolute Gasteiger partial charge is 0 e. The van der Waals surface area contributed by atoms with E-state index in [1.165, 1.54) is 0 Å². The smallest absolute Gasteiger partial charge is 0 e. The minimum atomic E-state index is 0. The summed E-state index contributed by atoms with van der Waals surface area (Å²) in [5, 5.41) is 0. The van der Waals surface area contributed by atoms with Crippen LogP contribution in [-0.2, 0) is 34.1 Å². The Balaban J connectivity index is 0. The molecule has 0 saturated heterocycles. The van der Waals surface area contributed by atoms with Crippen molar-refractivity contribution in [1.29, 1.82) is 0 Å². The molecule has 0 aliphatic rings. The second-order valence-corrected chi connectivity index (χ2v) is 0. The Hall–Kier alpha value is 2.65. The fourth-order valence-corrected chi connectivity index (χ4v) is 0. The second kappa shape index (κ2) is 103. The van der Waals surface area contributed by atoms with Gasteiger partial charge in [0.15, 0.2) is 17.4 Å². The van der Waals surface area contributed by atoms with Gasteiger partial charge in [-0.1, -0.05) is 0 Å². The third-order valence-corrected chi connectivity index (χ3v) is 0. The first-order valence-electron chi connectivity index (χ1n) is 0. The van der Waals surface area contributed by atoms with E-state index >= 15 is 0 Å². The van der Waals surface area contributed by atoms with E-state index in [0.29, 0.717) is 0 Å². The molecule has 0 amide bonds. The van der Waals surface area contributed by atoms with Crippen LogP contribution in [0.3, 0.4) is 0 Å². The second-order valence-electron chi connectivity index (χ2n) is 0. The first-order valence-corrected chi connectivity index (χ1v) is 0. The van der Waals surface area contributed by atoms with Crippen molar-refractivity contribution in [3.8, 4) is 0 Å². The van der Waals surface area contributed by atoms with Crippen molar-refractivity contribution >= 4 is 55.1 Å². The molecule has 2 radical (unpaired) electrons. The first kappa shape index (κ1) is 141. The predicted octanol–water partition coefficient (Wildman–Crippen LogP) is -4.96. The normalized spacial score (nSPS) is 0. The van der Waals surface area contributed by atoms with Crippen LogP contribution in [-0.4, -0.2) is 71.5 Å². The molecule has 0 heterocycles. The Morgan fingerprint density at radius 3 is 0.500 bits per heavy atom. The topological polar surface area (TPSA) is 94.5 Å². The Kier molecular flexibility index (Phi) is 1820. The summed E-state index contributed by atoms with van der Waals surface area (Å²) in [6.45, 7) is 0. The van der Waals surface area contributed by atoms with Crippen LogP contribution in [0, 0.1) is 0 Å². The van der Waals surface area contributed by atoms with Crippen LogP contribution in [0.1, 0.15) is 0 Å². The zero-order chi connectivity index (χ0) is 0. The standard InChI is InChI=1S/Al.2Li.2Mn.3H2O.5H/h;;;;;3*1H2;;;;;. The number of hydrogen-bond acceptors (Lipinski definition) is 0. The van der Waals surface area contributed by atoms with Crippen LogP contribution in [0.5, 0.6) is 0 Å². The van der Waals surface area contributed by atoms with Crippen molar-refractivity contribution in [3.63, 3.8) is 0 Å². The average Bonchev–Trinajstić information content (AvgIpc) is 0. The van der Waals surface area contributed by atoms with Crippen LogP contribution in [0.2, 0.25) is 0 Å². The average molecular weight is 210 g/mol. The Labute approximate surface area is 104 Å². The molecule has 0 rings (SSSR count). The quantitative estimate of drug-likeness (QED) is 0.358. The molecule has 8 heteroatoms. The van der Waals surface area contributed by atoms with E-state index in [1.807, 2.05) is 0 Å². The van der Waals surface area contributed by atoms with Gasteiger partial charge < -0.3 is 16.4 Å². The summed E-state index contributed by atoms with van der Waals surface area (Å²) in [6.07, 6.45) is 0. The predicted molar refractivity (Wildman–Crippen MR) is 35.1 cm³/mol. The van der Waals surface area contributed by atoms with Crippen LogP contribution in [0.15, 0.2) is 0 Å². The van der Waals surface area contributed by atoms with Crippen molar-refractivity contribution in [3.05, 3.63) is 0 Å². The van der Waals surface area contributed by atoms with Crippen molar-refractivity contribution in [2.45, 2.75) is 0 Å². The molecule has 0 aliphatic carbocycles. The molecule has 8 heavy (non-hydrogen) atoms. The van der Waals surface area contributed by atoms with Gasteiger partial charge in [-0.15, -0.1) is 0 Å². The molecule has 3 nitrogen and oxygen atoms in total. The van der Waals surface area contributed by atoms with E-state index in [2.05, 4.69) is 0 Å². The molecule has 0 aliphatic heterocycles. The van der Waals surface area contributed by atoms with Crippen LogP contribution >= 0.6 is 0 Å². The molecule has 0 bridgehead atoms. The Morgan fingerprint density at radius 1 is 0.500 bits per heavy atom. The SMILES string of the molecule is O.O.O.[AlH3].[LiH].[LiH].[Mn].[Mn]. The molecule has 0 aromatic carbocycles. The summed E-state index contributed by atoms with van der Waals surface area (Å²) in [6, 6.07) is 0. The van der Waals surface area contributed by atoms with Crippen molar-refractivity contribution in [1.82, 2.24) is 0 Å². The van der Waals surface area contributed by atoms with Crippen molar-refractivity contribution < 1.29 is 50.6 Å². The summed E-state index contributed by atoms with van der Waals surface area (Å²) in [4.78, 5) is 0. The van der Waals surface area contributed by atoms with Gasteiger partial charge in [0, 0.05) is 34.1 Å². The van der Waals surface area contributed by atoms with Crippen molar-refractivity contribution in [2.24, 2.45) is 0 Å². The third kappa shape index (κ3) is 72.2. The van der Waals surface area contributed by atoms with Gasteiger partial charge in [-0.25, -0.2) is 0 Å². The van der Waals surface area contributed by atoms with E-state index in [-0.39, 0.29) is 106 Å². The summed E-state index contributed by atoms with van der Waals surface area (Å²) in [5.74, 6) is 0. The van der Waals surface area contributed by atoms with Gasteiger partial charge in [0.25, 0.3) is 0 Å². The zero-order valence-corrected chi connectivity index (χ0v) is 4.62. The van der Waals surface area contributed by atoms with Gasteiger partial charge in [0.2, 0.25) is 0 Å². The van der Waals surface area contributed by atoms with Gasteiger partial charge in [0.1, 0.15) is 0 Å². The molecular weight excluding hydrogens is 199 g/mol. The van der Waals surface area contributed by atoms with E-state index in [9.17, 15) is 0 Å². The maximum atomic E-state index is 0. The van der Waals surface area contributed by atoms with E-state index in [4.69, 9.17) is 0 Å². The van der Waals surface area contributed by atoms with E-state index < -0.39 is 0 Å². The first-order chi connectivity index (χ1) is 0. The molecule has 0 unspecified atom stereocenters. The fourth-order valence-electron chi connectivity index (χ4n) is 0. The summed E-state index contributed by atoms with van der Waals surface area (Å²) < 4.78 is 0. The molecule has 6 N–H and O–H groups in total. The van der Waals surface area contributed by atoms with E-state index in [0.717, 1.165) is 0 Å². The van der Waals surface area contributed by atoms with Crippen molar-refractivity contribution in [2.75, 3.05) is 0 Å². The Morgan fingerprint density at radius 2 is 0.500 bits per heavy atom. The zero-order valence-electron chi connectivity index (χ0n) is 2.26. The molecule has 0 aromatic heterocycles. The van der Waals surface area contributed by atoms with Crippen LogP contribution < -0.4 is 0 Å².